The fraction of sp³-hybridized carbons (Fsp3) is 0.111. The molecule has 0 aromatic heterocycles. The highest BCUT2D eigenvalue weighted by molar-refractivity contribution is 6.67. The third kappa shape index (κ3) is 2.87. The second kappa shape index (κ2) is 4.05. The van der Waals surface area contributed by atoms with Gasteiger partial charge in [0.1, 0.15) is 5.75 Å². The van der Waals surface area contributed by atoms with Gasteiger partial charge in [-0.25, -0.2) is 0 Å². The minimum absolute atomic E-state index is 0.306. The maximum Gasteiger partial charge on any atom is 0.308 e. The van der Waals surface area contributed by atoms with Crippen LogP contribution in [0.5, 0.6) is 5.75 Å². The molecule has 68 valence electrons. The van der Waals surface area contributed by atoms with Crippen molar-refractivity contribution in [2.24, 2.45) is 0 Å². The molecule has 0 N–H and O–H groups in total. The molecule has 1 rings (SSSR count). The van der Waals surface area contributed by atoms with Crippen LogP contribution in [0.15, 0.2) is 24.3 Å². The first-order chi connectivity index (χ1) is 6.09. The summed E-state index contributed by atoms with van der Waals surface area (Å²) in [6.07, 6.45) is 0. The average molecular weight is 199 g/mol. The quantitative estimate of drug-likeness (QED) is 0.415. The van der Waals surface area contributed by atoms with Gasteiger partial charge >= 0.3 is 5.97 Å². The molecule has 0 spiro atoms. The smallest absolute Gasteiger partial charge is 0.308 e. The summed E-state index contributed by atoms with van der Waals surface area (Å²) >= 11 is 5.23. The van der Waals surface area contributed by atoms with Crippen LogP contribution in [0.4, 0.5) is 0 Å². The summed E-state index contributed by atoms with van der Waals surface area (Å²) in [4.78, 5) is 21.3. The van der Waals surface area contributed by atoms with Gasteiger partial charge < -0.3 is 4.74 Å². The van der Waals surface area contributed by atoms with Crippen molar-refractivity contribution >= 4 is 22.8 Å². The number of esters is 1. The van der Waals surface area contributed by atoms with Crippen molar-refractivity contribution in [1.82, 2.24) is 0 Å². The topological polar surface area (TPSA) is 43.4 Å². The van der Waals surface area contributed by atoms with Gasteiger partial charge in [0.25, 0.3) is 5.24 Å². The zero-order valence-corrected chi connectivity index (χ0v) is 7.67. The molecule has 0 heterocycles. The van der Waals surface area contributed by atoms with E-state index in [0.717, 1.165) is 0 Å². The minimum Gasteiger partial charge on any atom is -0.427 e. The third-order valence-corrected chi connectivity index (χ3v) is 1.54. The summed E-state index contributed by atoms with van der Waals surface area (Å²) in [5, 5.41) is -0.575. The summed E-state index contributed by atoms with van der Waals surface area (Å²) in [5.41, 5.74) is 0.306. The lowest BCUT2D eigenvalue weighted by atomic mass is 10.2. The van der Waals surface area contributed by atoms with Crippen molar-refractivity contribution in [2.45, 2.75) is 6.92 Å². The van der Waals surface area contributed by atoms with E-state index >= 15 is 0 Å². The maximum absolute atomic E-state index is 10.7. The molecule has 0 unspecified atom stereocenters. The molecule has 4 heteroatoms. The molecule has 0 aliphatic heterocycles. The highest BCUT2D eigenvalue weighted by Gasteiger charge is 2.03. The van der Waals surface area contributed by atoms with Crippen LogP contribution in [0.25, 0.3) is 0 Å². The highest BCUT2D eigenvalue weighted by atomic mass is 35.5. The molecule has 0 amide bonds. The normalized spacial score (nSPS) is 9.38. The van der Waals surface area contributed by atoms with Crippen LogP contribution in [0, 0.1) is 0 Å². The number of benzene rings is 1. The Balaban J connectivity index is 2.91. The second-order valence-electron chi connectivity index (χ2n) is 2.40. The Morgan fingerprint density at radius 1 is 1.38 bits per heavy atom. The molecule has 0 fully saturated rings. The molecule has 0 saturated carbocycles. The fourth-order valence-electron chi connectivity index (χ4n) is 0.848. The summed E-state index contributed by atoms with van der Waals surface area (Å²) in [6.45, 7) is 1.29. The Labute approximate surface area is 80.3 Å². The molecule has 0 bridgehead atoms. The Morgan fingerprint density at radius 3 is 2.62 bits per heavy atom. The Morgan fingerprint density at radius 2 is 2.08 bits per heavy atom. The van der Waals surface area contributed by atoms with Gasteiger partial charge in [-0.1, -0.05) is 6.07 Å². The summed E-state index contributed by atoms with van der Waals surface area (Å²) in [7, 11) is 0. The van der Waals surface area contributed by atoms with E-state index < -0.39 is 11.2 Å². The molecule has 0 aliphatic rings. The molecule has 0 atom stereocenters. The number of carbonyl (C=O) groups excluding carboxylic acids is 2. The summed E-state index contributed by atoms with van der Waals surface area (Å²) in [6, 6.07) is 6.12. The van der Waals surface area contributed by atoms with Gasteiger partial charge in [-0.2, -0.15) is 0 Å². The Kier molecular flexibility index (Phi) is 3.03. The van der Waals surface area contributed by atoms with Crippen LogP contribution in [-0.2, 0) is 4.79 Å². The zero-order valence-electron chi connectivity index (χ0n) is 6.91. The molecular weight excluding hydrogens is 192 g/mol. The van der Waals surface area contributed by atoms with E-state index in [-0.39, 0.29) is 0 Å². The summed E-state index contributed by atoms with van der Waals surface area (Å²) < 4.78 is 4.76. The number of ether oxygens (including phenoxy) is 1. The van der Waals surface area contributed by atoms with Crippen molar-refractivity contribution < 1.29 is 14.3 Å². The number of carbonyl (C=O) groups is 2. The van der Waals surface area contributed by atoms with Crippen molar-refractivity contribution in [2.75, 3.05) is 0 Å². The van der Waals surface area contributed by atoms with E-state index in [0.29, 0.717) is 11.3 Å². The maximum atomic E-state index is 10.7. The van der Waals surface area contributed by atoms with Crippen molar-refractivity contribution in [3.63, 3.8) is 0 Å². The molecular formula is C9H7ClO3. The van der Waals surface area contributed by atoms with Crippen molar-refractivity contribution in [3.05, 3.63) is 29.8 Å². The lowest BCUT2D eigenvalue weighted by Gasteiger charge is -2.00. The lowest BCUT2D eigenvalue weighted by molar-refractivity contribution is -0.131. The molecule has 1 aromatic rings. The van der Waals surface area contributed by atoms with Crippen LogP contribution < -0.4 is 4.74 Å². The monoisotopic (exact) mass is 198 g/mol. The molecule has 13 heavy (non-hydrogen) atoms. The largest absolute Gasteiger partial charge is 0.427 e. The van der Waals surface area contributed by atoms with E-state index in [2.05, 4.69) is 0 Å². The van der Waals surface area contributed by atoms with Gasteiger partial charge in [0.2, 0.25) is 0 Å². The van der Waals surface area contributed by atoms with E-state index in [4.69, 9.17) is 16.3 Å². The van der Waals surface area contributed by atoms with Crippen molar-refractivity contribution in [1.29, 1.82) is 0 Å². The van der Waals surface area contributed by atoms with Crippen LogP contribution in [0.2, 0.25) is 0 Å². The van der Waals surface area contributed by atoms with Crippen molar-refractivity contribution in [3.8, 4) is 5.75 Å². The number of halogens is 1. The van der Waals surface area contributed by atoms with Gasteiger partial charge in [0.05, 0.1) is 0 Å². The average Bonchev–Trinajstić information content (AvgIpc) is 2.03. The predicted molar refractivity (Wildman–Crippen MR) is 47.9 cm³/mol. The number of hydrogen-bond acceptors (Lipinski definition) is 3. The SMILES string of the molecule is CC(=O)Oc1cccc(C(=O)Cl)c1. The van der Waals surface area contributed by atoms with Crippen LogP contribution in [-0.4, -0.2) is 11.2 Å². The van der Waals surface area contributed by atoms with Gasteiger partial charge in [-0.05, 0) is 29.8 Å². The predicted octanol–water partition coefficient (Wildman–Crippen LogP) is 1.99. The van der Waals surface area contributed by atoms with Crippen LogP contribution in [0.1, 0.15) is 17.3 Å². The van der Waals surface area contributed by atoms with Crippen LogP contribution >= 0.6 is 11.6 Å². The minimum atomic E-state index is -0.575. The van der Waals surface area contributed by atoms with Gasteiger partial charge in [-0.15, -0.1) is 0 Å². The Bertz CT molecular complexity index is 346. The second-order valence-corrected chi connectivity index (χ2v) is 2.74. The highest BCUT2D eigenvalue weighted by Crippen LogP contribution is 2.14. The number of rotatable bonds is 2. The van der Waals surface area contributed by atoms with Gasteiger partial charge in [0, 0.05) is 12.5 Å². The molecule has 1 aromatic carbocycles. The Hall–Kier alpha value is -1.35. The van der Waals surface area contributed by atoms with E-state index in [1.54, 1.807) is 18.2 Å². The molecule has 0 radical (unpaired) electrons. The van der Waals surface area contributed by atoms with Gasteiger partial charge in [0.15, 0.2) is 0 Å². The molecule has 3 nitrogen and oxygen atoms in total. The van der Waals surface area contributed by atoms with E-state index in [1.807, 2.05) is 0 Å². The van der Waals surface area contributed by atoms with Crippen LogP contribution in [0.3, 0.4) is 0 Å². The fourth-order valence-corrected chi connectivity index (χ4v) is 0.965. The molecule has 0 aliphatic carbocycles. The third-order valence-electron chi connectivity index (χ3n) is 1.32. The first kappa shape index (κ1) is 9.74. The molecule has 0 saturated heterocycles. The zero-order chi connectivity index (χ0) is 9.84. The lowest BCUT2D eigenvalue weighted by Crippen LogP contribution is -2.01. The first-order valence-electron chi connectivity index (χ1n) is 3.58. The van der Waals surface area contributed by atoms with Gasteiger partial charge in [-0.3, -0.25) is 9.59 Å². The summed E-state index contributed by atoms with van der Waals surface area (Å²) in [5.74, 6) is -0.113. The standard InChI is InChI=1S/C9H7ClO3/c1-6(11)13-8-4-2-3-7(5-8)9(10)12/h2-5H,1H3. The van der Waals surface area contributed by atoms with E-state index in [9.17, 15) is 9.59 Å². The van der Waals surface area contributed by atoms with E-state index in [1.165, 1.54) is 13.0 Å². The number of hydrogen-bond donors (Lipinski definition) is 0. The first-order valence-corrected chi connectivity index (χ1v) is 3.95.